The largest absolute Gasteiger partial charge is 0.461 e. The lowest BCUT2D eigenvalue weighted by molar-refractivity contribution is -0.192. The monoisotopic (exact) mass is 532 g/mol. The molecular weight excluding hydrogens is 488 g/mol. The number of aliphatic hydroxyl groups is 3. The van der Waals surface area contributed by atoms with Gasteiger partial charge in [0.1, 0.15) is 30.0 Å². The quantitative estimate of drug-likeness (QED) is 0.234. The van der Waals surface area contributed by atoms with E-state index in [4.69, 9.17) is 9.47 Å². The van der Waals surface area contributed by atoms with Gasteiger partial charge in [0.05, 0.1) is 5.41 Å². The molecule has 8 heteroatoms. The normalized spacial score (nSPS) is 40.7. The van der Waals surface area contributed by atoms with E-state index in [9.17, 15) is 29.7 Å². The molecule has 0 radical (unpaired) electrons. The number of ether oxygens (including phenoxy) is 2. The molecule has 0 aromatic carbocycles. The van der Waals surface area contributed by atoms with E-state index in [1.54, 1.807) is 19.1 Å². The zero-order valence-electron chi connectivity index (χ0n) is 23.6. The lowest BCUT2D eigenvalue weighted by Gasteiger charge is -2.48. The number of ketones is 1. The third kappa shape index (κ3) is 3.93. The maximum absolute atomic E-state index is 14.5. The van der Waals surface area contributed by atoms with Gasteiger partial charge in [-0.15, -0.1) is 0 Å². The molecule has 3 N–H and O–H groups in total. The van der Waals surface area contributed by atoms with Crippen molar-refractivity contribution in [2.45, 2.75) is 110 Å². The van der Waals surface area contributed by atoms with Crippen molar-refractivity contribution in [3.63, 3.8) is 0 Å². The van der Waals surface area contributed by atoms with Crippen LogP contribution in [-0.2, 0) is 23.9 Å². The van der Waals surface area contributed by atoms with Crippen molar-refractivity contribution in [2.75, 3.05) is 6.61 Å². The molecule has 4 aliphatic rings. The molecule has 212 valence electrons. The van der Waals surface area contributed by atoms with Crippen molar-refractivity contribution in [1.29, 1.82) is 0 Å². The summed E-state index contributed by atoms with van der Waals surface area (Å²) in [4.78, 5) is 39.2. The van der Waals surface area contributed by atoms with Crippen LogP contribution in [0.25, 0.3) is 0 Å². The minimum absolute atomic E-state index is 0.165. The first-order valence-electron chi connectivity index (χ1n) is 14.1. The van der Waals surface area contributed by atoms with Crippen LogP contribution in [0.2, 0.25) is 0 Å². The van der Waals surface area contributed by atoms with E-state index in [1.165, 1.54) is 6.92 Å². The topological polar surface area (TPSA) is 130 Å². The fourth-order valence-electron chi connectivity index (χ4n) is 8.03. The van der Waals surface area contributed by atoms with Crippen molar-refractivity contribution in [2.24, 2.45) is 28.6 Å². The van der Waals surface area contributed by atoms with E-state index in [-0.39, 0.29) is 29.9 Å². The molecule has 0 aromatic rings. The highest BCUT2D eigenvalue weighted by Gasteiger charge is 2.83. The Bertz CT molecular complexity index is 1060. The lowest BCUT2D eigenvalue weighted by atomic mass is 9.59. The summed E-state index contributed by atoms with van der Waals surface area (Å²) in [6.45, 7) is 10.5. The minimum Gasteiger partial charge on any atom is -0.461 e. The number of fused-ring (bicyclic) bond motifs is 3. The first-order valence-corrected chi connectivity index (χ1v) is 14.1. The summed E-state index contributed by atoms with van der Waals surface area (Å²) in [5.41, 5.74) is -4.76. The Labute approximate surface area is 225 Å². The summed E-state index contributed by atoms with van der Waals surface area (Å²) in [6.07, 6.45) is 5.72. The molecule has 0 heterocycles. The van der Waals surface area contributed by atoms with Gasteiger partial charge in [0, 0.05) is 30.6 Å². The average molecular weight is 533 g/mol. The van der Waals surface area contributed by atoms with Gasteiger partial charge in [-0.1, -0.05) is 65.5 Å². The first kappa shape index (κ1) is 29.0. The second-order valence-corrected chi connectivity index (χ2v) is 12.6. The van der Waals surface area contributed by atoms with Gasteiger partial charge in [-0.3, -0.25) is 14.4 Å². The number of carbonyl (C=O) groups excluding carboxylic acids is 3. The van der Waals surface area contributed by atoms with Gasteiger partial charge in [0.25, 0.3) is 0 Å². The molecule has 1 spiro atoms. The molecule has 8 nitrogen and oxygen atoms in total. The number of carbonyl (C=O) groups is 3. The first-order chi connectivity index (χ1) is 17.7. The fourth-order valence-corrected chi connectivity index (χ4v) is 8.03. The zero-order valence-corrected chi connectivity index (χ0v) is 23.6. The minimum atomic E-state index is -2.25. The molecule has 4 aliphatic carbocycles. The van der Waals surface area contributed by atoms with Crippen LogP contribution in [0.4, 0.5) is 0 Å². The highest BCUT2D eigenvalue weighted by Crippen LogP contribution is 2.75. The number of hydrogen-bond donors (Lipinski definition) is 3. The van der Waals surface area contributed by atoms with E-state index in [1.807, 2.05) is 20.8 Å². The van der Waals surface area contributed by atoms with Gasteiger partial charge < -0.3 is 24.8 Å². The Hall–Kier alpha value is -2.03. The number of Topliss-reactive ketones (excluding diaryl/α,β-unsaturated/α-hetero) is 1. The molecule has 2 fully saturated rings. The highest BCUT2D eigenvalue weighted by atomic mass is 16.6. The van der Waals surface area contributed by atoms with Crippen molar-refractivity contribution < 1.29 is 39.2 Å². The van der Waals surface area contributed by atoms with Gasteiger partial charge in [0.2, 0.25) is 0 Å². The molecule has 0 amide bonds. The second-order valence-electron chi connectivity index (χ2n) is 12.6. The van der Waals surface area contributed by atoms with Crippen LogP contribution in [-0.4, -0.2) is 63.1 Å². The molecule has 2 unspecified atom stereocenters. The average Bonchev–Trinajstić information content (AvgIpc) is 3.25. The molecule has 0 aromatic heterocycles. The molecule has 2 bridgehead atoms. The van der Waals surface area contributed by atoms with E-state index in [0.29, 0.717) is 18.4 Å². The molecule has 0 aliphatic heterocycles. The van der Waals surface area contributed by atoms with Gasteiger partial charge >= 0.3 is 11.9 Å². The van der Waals surface area contributed by atoms with Gasteiger partial charge in [-0.2, -0.15) is 0 Å². The van der Waals surface area contributed by atoms with Crippen LogP contribution in [0.5, 0.6) is 0 Å². The molecule has 2 saturated carbocycles. The van der Waals surface area contributed by atoms with E-state index >= 15 is 0 Å². The summed E-state index contributed by atoms with van der Waals surface area (Å²) in [5.74, 6) is -2.93. The van der Waals surface area contributed by atoms with Gasteiger partial charge in [0.15, 0.2) is 5.78 Å². The summed E-state index contributed by atoms with van der Waals surface area (Å²) in [6, 6.07) is 0. The van der Waals surface area contributed by atoms with E-state index in [0.717, 1.165) is 32.1 Å². The van der Waals surface area contributed by atoms with Crippen LogP contribution < -0.4 is 0 Å². The molecule has 38 heavy (non-hydrogen) atoms. The Kier molecular flexibility index (Phi) is 7.52. The van der Waals surface area contributed by atoms with Crippen molar-refractivity contribution in [1.82, 2.24) is 0 Å². The van der Waals surface area contributed by atoms with Crippen LogP contribution in [0.3, 0.4) is 0 Å². The molecule has 0 saturated heterocycles. The number of hydrogen-bond acceptors (Lipinski definition) is 8. The second kappa shape index (κ2) is 9.86. The highest BCUT2D eigenvalue weighted by molar-refractivity contribution is 5.96. The number of rotatable bonds is 9. The Morgan fingerprint density at radius 3 is 2.39 bits per heavy atom. The SMILES string of the molecule is CCCCCCCC(=O)O[C@@]12CC(C)C34C=C(C)[C@H](O)[C@@]3(O)[C@H](O)C(COC(C)=O)=C[C@H](C4=O)[C@@H]1C2(C)C. The van der Waals surface area contributed by atoms with Crippen molar-refractivity contribution in [3.05, 3.63) is 23.3 Å². The van der Waals surface area contributed by atoms with Gasteiger partial charge in [-0.25, -0.2) is 0 Å². The molecular formula is C30H44O8. The fraction of sp³-hybridized carbons (Fsp3) is 0.767. The smallest absolute Gasteiger partial charge is 0.306 e. The summed E-state index contributed by atoms with van der Waals surface area (Å²) >= 11 is 0. The summed E-state index contributed by atoms with van der Waals surface area (Å²) < 4.78 is 11.5. The number of aliphatic hydroxyl groups excluding tert-OH is 2. The van der Waals surface area contributed by atoms with Crippen molar-refractivity contribution >= 4 is 17.7 Å². The van der Waals surface area contributed by atoms with Crippen LogP contribution in [0.1, 0.15) is 86.5 Å². The van der Waals surface area contributed by atoms with Crippen molar-refractivity contribution in [3.8, 4) is 0 Å². The molecule has 8 atom stereocenters. The van der Waals surface area contributed by atoms with Crippen LogP contribution >= 0.6 is 0 Å². The predicted molar refractivity (Wildman–Crippen MR) is 140 cm³/mol. The number of unbranched alkanes of at least 4 members (excludes halogenated alkanes) is 4. The van der Waals surface area contributed by atoms with Gasteiger partial charge in [-0.05, 0) is 36.8 Å². The van der Waals surface area contributed by atoms with E-state index in [2.05, 4.69) is 6.92 Å². The molecule has 4 rings (SSSR count). The Balaban J connectivity index is 1.76. The summed E-state index contributed by atoms with van der Waals surface area (Å²) in [5, 5.41) is 34.8. The van der Waals surface area contributed by atoms with E-state index < -0.39 is 52.0 Å². The van der Waals surface area contributed by atoms with Crippen LogP contribution in [0, 0.1) is 28.6 Å². The lowest BCUT2D eigenvalue weighted by Crippen LogP contribution is -2.65. The maximum atomic E-state index is 14.5. The third-order valence-electron chi connectivity index (χ3n) is 10.1. The standard InChI is InChI=1S/C30H44O8/c1-7-8-9-10-11-12-22(32)38-29-15-18(3)28-14-17(2)24(33)30(28,36)25(34)20(16-37-19(4)31)13-21(26(28)35)23(29)27(29,5)6/h13-14,18,21,23-25,33-34,36H,7-12,15-16H2,1-6H3/t18?,21-,23+,24-,25+,28?,29-,30+/m0/s1. The summed E-state index contributed by atoms with van der Waals surface area (Å²) in [7, 11) is 0. The number of esters is 2. The van der Waals surface area contributed by atoms with Crippen LogP contribution in [0.15, 0.2) is 23.3 Å². The third-order valence-corrected chi connectivity index (χ3v) is 10.1. The zero-order chi connectivity index (χ0) is 28.3. The Morgan fingerprint density at radius 1 is 1.11 bits per heavy atom. The number of allylic oxidation sites excluding steroid dienone is 1. The Morgan fingerprint density at radius 2 is 1.76 bits per heavy atom. The predicted octanol–water partition coefficient (Wildman–Crippen LogP) is 3.41. The maximum Gasteiger partial charge on any atom is 0.306 e.